The molecule has 0 aliphatic carbocycles. The van der Waals surface area contributed by atoms with Crippen LogP contribution in [0.4, 0.5) is 5.69 Å². The lowest BCUT2D eigenvalue weighted by atomic mass is 10.2. The van der Waals surface area contributed by atoms with Crippen molar-refractivity contribution < 1.29 is 9.53 Å². The van der Waals surface area contributed by atoms with E-state index in [0.29, 0.717) is 16.3 Å². The molecule has 0 bridgehead atoms. The molecular formula is C11H11Cl2NO2. The molecule has 1 aromatic rings. The smallest absolute Gasteiger partial charge is 0.349 e. The summed E-state index contributed by atoms with van der Waals surface area (Å²) >= 11 is 11.7. The highest BCUT2D eigenvalue weighted by molar-refractivity contribution is 6.43. The molecule has 0 unspecified atom stereocenters. The molecule has 0 fully saturated rings. The molecule has 1 aromatic carbocycles. The predicted octanol–water partition coefficient (Wildman–Crippen LogP) is 3.07. The number of esters is 1. The summed E-state index contributed by atoms with van der Waals surface area (Å²) in [4.78, 5) is 11.2. The SMILES string of the molecule is CCOC(=O)/C(Cl)=C\c1cc(N)ccc1Cl. The van der Waals surface area contributed by atoms with E-state index in [1.54, 1.807) is 25.1 Å². The van der Waals surface area contributed by atoms with Crippen LogP contribution in [0.25, 0.3) is 6.08 Å². The second-order valence-corrected chi connectivity index (χ2v) is 3.81. The third-order valence-corrected chi connectivity index (χ3v) is 2.38. The van der Waals surface area contributed by atoms with Gasteiger partial charge >= 0.3 is 5.97 Å². The molecule has 0 atom stereocenters. The molecule has 3 nitrogen and oxygen atoms in total. The number of ether oxygens (including phenoxy) is 1. The lowest BCUT2D eigenvalue weighted by molar-refractivity contribution is -0.137. The zero-order chi connectivity index (χ0) is 12.1. The first-order valence-corrected chi connectivity index (χ1v) is 5.39. The Morgan fingerprint density at radius 2 is 2.25 bits per heavy atom. The highest BCUT2D eigenvalue weighted by Gasteiger charge is 2.08. The van der Waals surface area contributed by atoms with Gasteiger partial charge in [-0.1, -0.05) is 23.2 Å². The Balaban J connectivity index is 2.97. The fraction of sp³-hybridized carbons (Fsp3) is 0.182. The van der Waals surface area contributed by atoms with E-state index in [0.717, 1.165) is 0 Å². The molecule has 0 saturated carbocycles. The normalized spacial score (nSPS) is 11.3. The largest absolute Gasteiger partial charge is 0.462 e. The first-order valence-electron chi connectivity index (χ1n) is 4.64. The topological polar surface area (TPSA) is 52.3 Å². The highest BCUT2D eigenvalue weighted by Crippen LogP contribution is 2.22. The van der Waals surface area contributed by atoms with Crippen molar-refractivity contribution in [2.45, 2.75) is 6.92 Å². The number of benzene rings is 1. The van der Waals surface area contributed by atoms with Crippen molar-refractivity contribution in [3.8, 4) is 0 Å². The summed E-state index contributed by atoms with van der Waals surface area (Å²) in [5.74, 6) is -0.581. The summed E-state index contributed by atoms with van der Waals surface area (Å²) in [5, 5.41) is 0.436. The summed E-state index contributed by atoms with van der Waals surface area (Å²) in [6.45, 7) is 1.98. The van der Waals surface area contributed by atoms with Crippen LogP contribution in [-0.2, 0) is 9.53 Å². The van der Waals surface area contributed by atoms with E-state index >= 15 is 0 Å². The molecule has 16 heavy (non-hydrogen) atoms. The van der Waals surface area contributed by atoms with Crippen molar-refractivity contribution in [2.75, 3.05) is 12.3 Å². The van der Waals surface area contributed by atoms with Gasteiger partial charge in [0.05, 0.1) is 6.61 Å². The third kappa shape index (κ3) is 3.43. The van der Waals surface area contributed by atoms with Crippen molar-refractivity contribution in [3.63, 3.8) is 0 Å². The van der Waals surface area contributed by atoms with Gasteiger partial charge in [0, 0.05) is 10.7 Å². The molecule has 0 saturated heterocycles. The van der Waals surface area contributed by atoms with Crippen LogP contribution in [0.2, 0.25) is 5.02 Å². The maximum Gasteiger partial charge on any atom is 0.349 e. The maximum absolute atomic E-state index is 11.2. The van der Waals surface area contributed by atoms with E-state index in [9.17, 15) is 4.79 Å². The van der Waals surface area contributed by atoms with E-state index < -0.39 is 5.97 Å². The van der Waals surface area contributed by atoms with Crippen LogP contribution in [0.5, 0.6) is 0 Å². The summed E-state index contributed by atoms with van der Waals surface area (Å²) in [6.07, 6.45) is 1.43. The van der Waals surface area contributed by atoms with Gasteiger partial charge < -0.3 is 10.5 Å². The van der Waals surface area contributed by atoms with Crippen LogP contribution in [0.1, 0.15) is 12.5 Å². The van der Waals surface area contributed by atoms with Gasteiger partial charge in [0.15, 0.2) is 0 Å². The quantitative estimate of drug-likeness (QED) is 0.516. The monoisotopic (exact) mass is 259 g/mol. The molecule has 2 N–H and O–H groups in total. The lowest BCUT2D eigenvalue weighted by Gasteiger charge is -2.02. The summed E-state index contributed by atoms with van der Waals surface area (Å²) in [5.41, 5.74) is 6.72. The lowest BCUT2D eigenvalue weighted by Crippen LogP contribution is -2.03. The van der Waals surface area contributed by atoms with Crippen molar-refractivity contribution in [1.29, 1.82) is 0 Å². The van der Waals surface area contributed by atoms with E-state index in [1.165, 1.54) is 6.08 Å². The van der Waals surface area contributed by atoms with E-state index in [-0.39, 0.29) is 11.6 Å². The Bertz CT molecular complexity index is 430. The minimum atomic E-state index is -0.581. The highest BCUT2D eigenvalue weighted by atomic mass is 35.5. The second kappa shape index (κ2) is 5.77. The van der Waals surface area contributed by atoms with Gasteiger partial charge in [-0.05, 0) is 36.8 Å². The van der Waals surface area contributed by atoms with Crippen LogP contribution in [0, 0.1) is 0 Å². The van der Waals surface area contributed by atoms with Crippen LogP contribution >= 0.6 is 23.2 Å². The molecule has 0 spiro atoms. The fourth-order valence-corrected chi connectivity index (χ4v) is 1.41. The van der Waals surface area contributed by atoms with Crippen LogP contribution in [0.15, 0.2) is 23.2 Å². The van der Waals surface area contributed by atoms with Gasteiger partial charge in [-0.3, -0.25) is 0 Å². The molecule has 1 rings (SSSR count). The van der Waals surface area contributed by atoms with E-state index in [1.807, 2.05) is 0 Å². The van der Waals surface area contributed by atoms with Gasteiger partial charge in [0.1, 0.15) is 5.03 Å². The molecule has 0 aliphatic heterocycles. The Labute approximate surface area is 104 Å². The predicted molar refractivity (Wildman–Crippen MR) is 66.3 cm³/mol. The zero-order valence-corrected chi connectivity index (χ0v) is 10.2. The van der Waals surface area contributed by atoms with Crippen molar-refractivity contribution in [2.24, 2.45) is 0 Å². The van der Waals surface area contributed by atoms with Crippen LogP contribution in [-0.4, -0.2) is 12.6 Å². The minimum absolute atomic E-state index is 0.0330. The van der Waals surface area contributed by atoms with Gasteiger partial charge in [0.2, 0.25) is 0 Å². The number of carbonyl (C=O) groups excluding carboxylic acids is 1. The molecule has 0 heterocycles. The average molecular weight is 260 g/mol. The van der Waals surface area contributed by atoms with E-state index in [2.05, 4.69) is 0 Å². The summed E-state index contributed by atoms with van der Waals surface area (Å²) in [6, 6.07) is 4.93. The molecule has 86 valence electrons. The van der Waals surface area contributed by atoms with Gasteiger partial charge in [-0.2, -0.15) is 0 Å². The van der Waals surface area contributed by atoms with Gasteiger partial charge in [0.25, 0.3) is 0 Å². The fourth-order valence-electron chi connectivity index (χ4n) is 1.07. The number of halogens is 2. The summed E-state index contributed by atoms with van der Waals surface area (Å²) in [7, 11) is 0. The molecule has 5 heteroatoms. The average Bonchev–Trinajstić information content (AvgIpc) is 2.23. The third-order valence-electron chi connectivity index (χ3n) is 1.77. The number of hydrogen-bond acceptors (Lipinski definition) is 3. The van der Waals surface area contributed by atoms with Gasteiger partial charge in [-0.25, -0.2) is 4.79 Å². The number of nitrogen functional groups attached to an aromatic ring is 1. The minimum Gasteiger partial charge on any atom is -0.462 e. The molecule has 0 radical (unpaired) electrons. The van der Waals surface area contributed by atoms with Crippen LogP contribution in [0.3, 0.4) is 0 Å². The first kappa shape index (κ1) is 12.9. The molecule has 0 aromatic heterocycles. The number of carbonyl (C=O) groups is 1. The number of nitrogens with two attached hydrogens (primary N) is 1. The van der Waals surface area contributed by atoms with Crippen LogP contribution < -0.4 is 5.73 Å². The Morgan fingerprint density at radius 3 is 2.88 bits per heavy atom. The van der Waals surface area contributed by atoms with Crippen molar-refractivity contribution in [1.82, 2.24) is 0 Å². The van der Waals surface area contributed by atoms with Crippen molar-refractivity contribution >= 4 is 40.9 Å². The maximum atomic E-state index is 11.2. The standard InChI is InChI=1S/C11H11Cl2NO2/c1-2-16-11(15)10(13)6-7-5-8(14)3-4-9(7)12/h3-6H,2,14H2,1H3/b10-6+. The Hall–Kier alpha value is -1.19. The zero-order valence-electron chi connectivity index (χ0n) is 8.67. The number of hydrogen-bond donors (Lipinski definition) is 1. The Morgan fingerprint density at radius 1 is 1.56 bits per heavy atom. The van der Waals surface area contributed by atoms with E-state index in [4.69, 9.17) is 33.7 Å². The molecule has 0 aliphatic rings. The Kier molecular flexibility index (Phi) is 4.65. The van der Waals surface area contributed by atoms with Gasteiger partial charge in [-0.15, -0.1) is 0 Å². The number of rotatable bonds is 3. The summed E-state index contributed by atoms with van der Waals surface area (Å²) < 4.78 is 4.73. The van der Waals surface area contributed by atoms with Crippen molar-refractivity contribution in [3.05, 3.63) is 33.8 Å². The second-order valence-electron chi connectivity index (χ2n) is 2.99. The first-order chi connectivity index (χ1) is 7.54. The molecular weight excluding hydrogens is 249 g/mol. The number of anilines is 1. The molecule has 0 amide bonds.